The number of rotatable bonds is 3. The van der Waals surface area contributed by atoms with Gasteiger partial charge in [-0.25, -0.2) is 0 Å². The second-order valence-corrected chi connectivity index (χ2v) is 6.29. The standard InChI is InChI=1S/C16H18ClNO3/c17-11-7-5-10(6-8-11)14(19)9-18-15(20)12-3-1-2-4-13(12)16(18)21/h5-8,12-14,19H,1-4,9H2/t12-,13+,14-/m0/s1. The van der Waals surface area contributed by atoms with Crippen LogP contribution in [0.5, 0.6) is 0 Å². The van der Waals surface area contributed by atoms with Gasteiger partial charge in [-0.2, -0.15) is 0 Å². The Bertz CT molecular complexity index is 533. The van der Waals surface area contributed by atoms with Crippen LogP contribution >= 0.6 is 11.6 Å². The maximum absolute atomic E-state index is 12.3. The number of nitrogens with zero attached hydrogens (tertiary/aromatic N) is 1. The number of carbonyl (C=O) groups excluding carboxylic acids is 2. The quantitative estimate of drug-likeness (QED) is 0.873. The summed E-state index contributed by atoms with van der Waals surface area (Å²) in [4.78, 5) is 25.9. The van der Waals surface area contributed by atoms with E-state index in [-0.39, 0.29) is 30.2 Å². The molecule has 2 amide bonds. The monoisotopic (exact) mass is 307 g/mol. The first-order chi connectivity index (χ1) is 10.1. The van der Waals surface area contributed by atoms with Gasteiger partial charge in [-0.15, -0.1) is 0 Å². The predicted octanol–water partition coefficient (Wildman–Crippen LogP) is 2.55. The summed E-state index contributed by atoms with van der Waals surface area (Å²) in [5.41, 5.74) is 0.662. The van der Waals surface area contributed by atoms with Crippen LogP contribution in [0.4, 0.5) is 0 Å². The third kappa shape index (κ3) is 2.70. The molecule has 1 saturated carbocycles. The molecule has 21 heavy (non-hydrogen) atoms. The molecular formula is C16H18ClNO3. The number of hydrogen-bond acceptors (Lipinski definition) is 3. The maximum atomic E-state index is 12.3. The van der Waals surface area contributed by atoms with E-state index in [0.717, 1.165) is 25.7 Å². The van der Waals surface area contributed by atoms with Crippen LogP contribution in [0.1, 0.15) is 37.4 Å². The van der Waals surface area contributed by atoms with Gasteiger partial charge in [0.25, 0.3) is 0 Å². The van der Waals surface area contributed by atoms with Crippen molar-refractivity contribution in [2.24, 2.45) is 11.8 Å². The molecule has 0 radical (unpaired) electrons. The number of hydrogen-bond donors (Lipinski definition) is 1. The average molecular weight is 308 g/mol. The Kier molecular flexibility index (Phi) is 4.00. The SMILES string of the molecule is O=C1[C@H]2CCCC[C@H]2C(=O)N1C[C@H](O)c1ccc(Cl)cc1. The lowest BCUT2D eigenvalue weighted by atomic mass is 9.81. The fourth-order valence-electron chi connectivity index (χ4n) is 3.37. The number of amides is 2. The summed E-state index contributed by atoms with van der Waals surface area (Å²) in [5.74, 6) is -0.553. The smallest absolute Gasteiger partial charge is 0.233 e. The first-order valence-corrected chi connectivity index (χ1v) is 7.74. The summed E-state index contributed by atoms with van der Waals surface area (Å²) in [7, 11) is 0. The van der Waals surface area contributed by atoms with Crippen molar-refractivity contribution in [2.75, 3.05) is 6.54 Å². The fraction of sp³-hybridized carbons (Fsp3) is 0.500. The molecule has 4 nitrogen and oxygen atoms in total. The van der Waals surface area contributed by atoms with Crippen molar-refractivity contribution in [3.8, 4) is 0 Å². The third-order valence-electron chi connectivity index (χ3n) is 4.54. The summed E-state index contributed by atoms with van der Waals surface area (Å²) in [6.45, 7) is 0.0340. The predicted molar refractivity (Wildman–Crippen MR) is 78.6 cm³/mol. The molecular weight excluding hydrogens is 290 g/mol. The van der Waals surface area contributed by atoms with Crippen molar-refractivity contribution in [3.63, 3.8) is 0 Å². The van der Waals surface area contributed by atoms with Crippen molar-refractivity contribution in [2.45, 2.75) is 31.8 Å². The van der Waals surface area contributed by atoms with E-state index < -0.39 is 6.10 Å². The number of carbonyl (C=O) groups is 2. The highest BCUT2D eigenvalue weighted by Crippen LogP contribution is 2.38. The zero-order chi connectivity index (χ0) is 15.0. The Labute approximate surface area is 128 Å². The minimum atomic E-state index is -0.865. The molecule has 1 aliphatic carbocycles. The highest BCUT2D eigenvalue weighted by Gasteiger charge is 2.48. The van der Waals surface area contributed by atoms with Crippen LogP contribution in [-0.4, -0.2) is 28.4 Å². The van der Waals surface area contributed by atoms with Crippen LogP contribution in [0.15, 0.2) is 24.3 Å². The number of β-amino-alcohol motifs (C(OH)–C–C–N with tert-alkyl or cyclic N) is 1. The zero-order valence-electron chi connectivity index (χ0n) is 11.7. The summed E-state index contributed by atoms with van der Waals surface area (Å²) in [6.07, 6.45) is 2.74. The highest BCUT2D eigenvalue weighted by molar-refractivity contribution is 6.30. The van der Waals surface area contributed by atoms with E-state index in [2.05, 4.69) is 0 Å². The molecule has 3 atom stereocenters. The van der Waals surface area contributed by atoms with E-state index in [1.165, 1.54) is 4.90 Å². The van der Waals surface area contributed by atoms with Gasteiger partial charge in [-0.05, 0) is 30.5 Å². The van der Waals surface area contributed by atoms with E-state index in [0.29, 0.717) is 10.6 Å². The number of halogens is 1. The lowest BCUT2D eigenvalue weighted by Gasteiger charge is -2.19. The number of likely N-dealkylation sites (tertiary alicyclic amines) is 1. The first-order valence-electron chi connectivity index (χ1n) is 7.36. The number of aliphatic hydroxyl groups excluding tert-OH is 1. The van der Waals surface area contributed by atoms with Gasteiger partial charge >= 0.3 is 0 Å². The maximum Gasteiger partial charge on any atom is 0.233 e. The largest absolute Gasteiger partial charge is 0.387 e. The van der Waals surface area contributed by atoms with Crippen LogP contribution in [0, 0.1) is 11.8 Å². The normalized spacial score (nSPS) is 26.9. The molecule has 1 heterocycles. The number of benzene rings is 1. The van der Waals surface area contributed by atoms with E-state index in [4.69, 9.17) is 11.6 Å². The van der Waals surface area contributed by atoms with Crippen molar-refractivity contribution in [3.05, 3.63) is 34.9 Å². The van der Waals surface area contributed by atoms with Gasteiger partial charge in [0.2, 0.25) is 11.8 Å². The van der Waals surface area contributed by atoms with Crippen molar-refractivity contribution in [1.29, 1.82) is 0 Å². The second kappa shape index (κ2) is 5.78. The molecule has 2 aliphatic rings. The molecule has 0 spiro atoms. The van der Waals surface area contributed by atoms with E-state index >= 15 is 0 Å². The molecule has 0 bridgehead atoms. The molecule has 1 aliphatic heterocycles. The van der Waals surface area contributed by atoms with E-state index in [9.17, 15) is 14.7 Å². The Morgan fingerprint density at radius 2 is 1.62 bits per heavy atom. The van der Waals surface area contributed by atoms with Gasteiger partial charge in [-0.1, -0.05) is 36.6 Å². The summed E-state index contributed by atoms with van der Waals surface area (Å²) < 4.78 is 0. The molecule has 112 valence electrons. The second-order valence-electron chi connectivity index (χ2n) is 5.85. The molecule has 5 heteroatoms. The average Bonchev–Trinajstić information content (AvgIpc) is 2.73. The van der Waals surface area contributed by atoms with Gasteiger partial charge < -0.3 is 5.11 Å². The summed E-state index contributed by atoms with van der Waals surface area (Å²) in [5, 5.41) is 10.8. The lowest BCUT2D eigenvalue weighted by Crippen LogP contribution is -2.35. The third-order valence-corrected chi connectivity index (χ3v) is 4.79. The minimum Gasteiger partial charge on any atom is -0.387 e. The van der Waals surface area contributed by atoms with Crippen molar-refractivity contribution >= 4 is 23.4 Å². The topological polar surface area (TPSA) is 57.6 Å². The molecule has 1 aromatic rings. The highest BCUT2D eigenvalue weighted by atomic mass is 35.5. The van der Waals surface area contributed by atoms with Crippen molar-refractivity contribution in [1.82, 2.24) is 4.90 Å². The van der Waals surface area contributed by atoms with Crippen LogP contribution in [-0.2, 0) is 9.59 Å². The van der Waals surface area contributed by atoms with E-state index in [1.807, 2.05) is 0 Å². The molecule has 0 aromatic heterocycles. The number of imide groups is 1. The Balaban J connectivity index is 1.73. The molecule has 3 rings (SSSR count). The van der Waals surface area contributed by atoms with Gasteiger partial charge in [0, 0.05) is 5.02 Å². The molecule has 1 N–H and O–H groups in total. The van der Waals surface area contributed by atoms with Gasteiger partial charge in [0.1, 0.15) is 0 Å². The van der Waals surface area contributed by atoms with Crippen LogP contribution in [0.2, 0.25) is 5.02 Å². The van der Waals surface area contributed by atoms with Gasteiger partial charge in [-0.3, -0.25) is 14.5 Å². The summed E-state index contributed by atoms with van der Waals surface area (Å²) >= 11 is 5.82. The van der Waals surface area contributed by atoms with Gasteiger partial charge in [0.05, 0.1) is 24.5 Å². The Morgan fingerprint density at radius 3 is 2.14 bits per heavy atom. The molecule has 1 aromatic carbocycles. The summed E-state index contributed by atoms with van der Waals surface area (Å²) in [6, 6.07) is 6.80. The molecule has 2 fully saturated rings. The Hall–Kier alpha value is -1.39. The Morgan fingerprint density at radius 1 is 1.10 bits per heavy atom. The number of fused-ring (bicyclic) bond motifs is 1. The van der Waals surface area contributed by atoms with E-state index in [1.54, 1.807) is 24.3 Å². The first kappa shape index (κ1) is 14.5. The van der Waals surface area contributed by atoms with Crippen LogP contribution in [0.3, 0.4) is 0 Å². The fourth-order valence-corrected chi connectivity index (χ4v) is 3.50. The van der Waals surface area contributed by atoms with Gasteiger partial charge in [0.15, 0.2) is 0 Å². The molecule has 1 saturated heterocycles. The minimum absolute atomic E-state index is 0.0340. The van der Waals surface area contributed by atoms with Crippen LogP contribution in [0.25, 0.3) is 0 Å². The van der Waals surface area contributed by atoms with Crippen LogP contribution < -0.4 is 0 Å². The molecule has 0 unspecified atom stereocenters. The van der Waals surface area contributed by atoms with Crippen molar-refractivity contribution < 1.29 is 14.7 Å². The number of aliphatic hydroxyl groups is 1. The zero-order valence-corrected chi connectivity index (χ0v) is 12.4. The lowest BCUT2D eigenvalue weighted by molar-refractivity contribution is -0.141.